The van der Waals surface area contributed by atoms with Crippen LogP contribution >= 0.6 is 0 Å². The van der Waals surface area contributed by atoms with Crippen molar-refractivity contribution in [3.8, 4) is 0 Å². The van der Waals surface area contributed by atoms with Crippen molar-refractivity contribution in [2.45, 2.75) is 39.2 Å². The minimum absolute atomic E-state index is 0.0669. The van der Waals surface area contributed by atoms with E-state index in [9.17, 15) is 13.2 Å². The first kappa shape index (κ1) is 19.0. The molecular weight excluding hydrogens is 328 g/mol. The standard InChI is InChI=1S/C16H30N4O3S/c1-12-8-13(2)10-20(9-12)16(17-3)18-6-4-15(21)19-14-5-7-24(22,23)11-14/h12-14H,4-11H2,1-3H3,(H,17,18)(H,19,21). The molecule has 2 aliphatic rings. The Morgan fingerprint density at radius 1 is 1.25 bits per heavy atom. The zero-order valence-corrected chi connectivity index (χ0v) is 15.7. The number of nitrogens with zero attached hydrogens (tertiary/aromatic N) is 2. The summed E-state index contributed by atoms with van der Waals surface area (Å²) >= 11 is 0. The van der Waals surface area contributed by atoms with Crippen LogP contribution in [-0.4, -0.2) is 69.4 Å². The molecule has 0 saturated carbocycles. The molecule has 0 radical (unpaired) electrons. The number of hydrogen-bond donors (Lipinski definition) is 2. The second kappa shape index (κ2) is 8.18. The first-order valence-electron chi connectivity index (χ1n) is 8.74. The van der Waals surface area contributed by atoms with Gasteiger partial charge in [0.2, 0.25) is 5.91 Å². The molecule has 2 rings (SSSR count). The lowest BCUT2D eigenvalue weighted by Gasteiger charge is -2.37. The zero-order valence-electron chi connectivity index (χ0n) is 14.9. The van der Waals surface area contributed by atoms with Gasteiger partial charge in [0.15, 0.2) is 15.8 Å². The molecule has 2 N–H and O–H groups in total. The predicted molar refractivity (Wildman–Crippen MR) is 95.7 cm³/mol. The molecule has 2 fully saturated rings. The number of carbonyl (C=O) groups excluding carboxylic acids is 1. The number of rotatable bonds is 4. The molecule has 2 aliphatic heterocycles. The van der Waals surface area contributed by atoms with Crippen molar-refractivity contribution in [3.63, 3.8) is 0 Å². The van der Waals surface area contributed by atoms with Crippen LogP contribution in [0.5, 0.6) is 0 Å². The second-order valence-corrected chi connectivity index (χ2v) is 9.47. The minimum atomic E-state index is -2.96. The van der Waals surface area contributed by atoms with E-state index in [1.54, 1.807) is 7.05 Å². The molecule has 0 aromatic rings. The SMILES string of the molecule is CN=C(NCCC(=O)NC1CCS(=O)(=O)C1)N1CC(C)CC(C)C1. The molecule has 3 unspecified atom stereocenters. The molecule has 2 heterocycles. The fraction of sp³-hybridized carbons (Fsp3) is 0.875. The summed E-state index contributed by atoms with van der Waals surface area (Å²) in [6, 6.07) is -0.231. The predicted octanol–water partition coefficient (Wildman–Crippen LogP) is 0.233. The van der Waals surface area contributed by atoms with E-state index in [0.717, 1.165) is 19.0 Å². The summed E-state index contributed by atoms with van der Waals surface area (Å²) in [5.74, 6) is 2.25. The Morgan fingerprint density at radius 2 is 1.92 bits per heavy atom. The van der Waals surface area contributed by atoms with Gasteiger partial charge in [-0.3, -0.25) is 9.79 Å². The van der Waals surface area contributed by atoms with E-state index >= 15 is 0 Å². The minimum Gasteiger partial charge on any atom is -0.356 e. The molecule has 3 atom stereocenters. The van der Waals surface area contributed by atoms with E-state index in [1.165, 1.54) is 6.42 Å². The van der Waals surface area contributed by atoms with E-state index in [-0.39, 0.29) is 23.5 Å². The fourth-order valence-corrected chi connectivity index (χ4v) is 5.34. The van der Waals surface area contributed by atoms with Crippen molar-refractivity contribution in [1.29, 1.82) is 0 Å². The monoisotopic (exact) mass is 358 g/mol. The van der Waals surface area contributed by atoms with Gasteiger partial charge in [0, 0.05) is 39.1 Å². The first-order valence-corrected chi connectivity index (χ1v) is 10.6. The molecule has 24 heavy (non-hydrogen) atoms. The molecule has 8 heteroatoms. The van der Waals surface area contributed by atoms with Gasteiger partial charge in [0.1, 0.15) is 0 Å². The van der Waals surface area contributed by atoms with Gasteiger partial charge in [0.25, 0.3) is 0 Å². The van der Waals surface area contributed by atoms with Crippen LogP contribution in [0.4, 0.5) is 0 Å². The summed E-state index contributed by atoms with van der Waals surface area (Å²) in [7, 11) is -1.20. The van der Waals surface area contributed by atoms with Gasteiger partial charge in [-0.25, -0.2) is 8.42 Å². The van der Waals surface area contributed by atoms with Gasteiger partial charge in [-0.2, -0.15) is 0 Å². The van der Waals surface area contributed by atoms with Crippen LogP contribution in [0.15, 0.2) is 4.99 Å². The third-order valence-corrected chi connectivity index (χ3v) is 6.38. The molecule has 0 bridgehead atoms. The van der Waals surface area contributed by atoms with Crippen molar-refractivity contribution in [3.05, 3.63) is 0 Å². The van der Waals surface area contributed by atoms with Gasteiger partial charge in [-0.1, -0.05) is 13.8 Å². The summed E-state index contributed by atoms with van der Waals surface area (Å²) in [6.45, 7) is 6.96. The van der Waals surface area contributed by atoms with Crippen LogP contribution in [0, 0.1) is 11.8 Å². The summed E-state index contributed by atoms with van der Waals surface area (Å²) in [6.07, 6.45) is 2.07. The van der Waals surface area contributed by atoms with Crippen LogP contribution in [0.2, 0.25) is 0 Å². The third kappa shape index (κ3) is 5.65. The van der Waals surface area contributed by atoms with Crippen LogP contribution < -0.4 is 10.6 Å². The number of aliphatic imine (C=N–C) groups is 1. The normalized spacial score (nSPS) is 30.2. The molecule has 0 aromatic carbocycles. The third-order valence-electron chi connectivity index (χ3n) is 4.61. The Hall–Kier alpha value is -1.31. The van der Waals surface area contributed by atoms with E-state index in [2.05, 4.69) is 34.4 Å². The van der Waals surface area contributed by atoms with Gasteiger partial charge in [-0.15, -0.1) is 0 Å². The van der Waals surface area contributed by atoms with Crippen LogP contribution in [0.3, 0.4) is 0 Å². The maximum Gasteiger partial charge on any atom is 0.222 e. The fourth-order valence-electron chi connectivity index (χ4n) is 3.66. The van der Waals surface area contributed by atoms with Gasteiger partial charge in [-0.05, 0) is 24.7 Å². The van der Waals surface area contributed by atoms with Gasteiger partial charge < -0.3 is 15.5 Å². The van der Waals surface area contributed by atoms with Crippen molar-refractivity contribution in [2.75, 3.05) is 38.2 Å². The van der Waals surface area contributed by atoms with Gasteiger partial charge >= 0.3 is 0 Å². The maximum absolute atomic E-state index is 12.0. The average Bonchev–Trinajstić information content (AvgIpc) is 2.81. The number of amides is 1. The highest BCUT2D eigenvalue weighted by Gasteiger charge is 2.29. The molecule has 0 spiro atoms. The molecule has 0 aliphatic carbocycles. The highest BCUT2D eigenvalue weighted by Crippen LogP contribution is 2.20. The number of likely N-dealkylation sites (tertiary alicyclic amines) is 1. The largest absolute Gasteiger partial charge is 0.356 e. The number of hydrogen-bond acceptors (Lipinski definition) is 4. The topological polar surface area (TPSA) is 90.9 Å². The summed E-state index contributed by atoms with van der Waals surface area (Å²) in [5, 5.41) is 6.06. The molecule has 0 aromatic heterocycles. The molecule has 1 amide bonds. The van der Waals surface area contributed by atoms with Crippen LogP contribution in [0.1, 0.15) is 33.1 Å². The summed E-state index contributed by atoms with van der Waals surface area (Å²) in [4.78, 5) is 18.5. The molecule has 7 nitrogen and oxygen atoms in total. The number of nitrogens with one attached hydrogen (secondary N) is 2. The summed E-state index contributed by atoms with van der Waals surface area (Å²) < 4.78 is 22.8. The lowest BCUT2D eigenvalue weighted by Crippen LogP contribution is -2.49. The number of sulfone groups is 1. The quantitative estimate of drug-likeness (QED) is 0.555. The maximum atomic E-state index is 12.0. The van der Waals surface area contributed by atoms with E-state index in [4.69, 9.17) is 0 Å². The van der Waals surface area contributed by atoms with Crippen molar-refractivity contribution in [1.82, 2.24) is 15.5 Å². The lowest BCUT2D eigenvalue weighted by molar-refractivity contribution is -0.121. The molecular formula is C16H30N4O3S. The van der Waals surface area contributed by atoms with Crippen LogP contribution in [-0.2, 0) is 14.6 Å². The Labute approximate surface area is 145 Å². The summed E-state index contributed by atoms with van der Waals surface area (Å²) in [5.41, 5.74) is 0. The number of piperidine rings is 1. The first-order chi connectivity index (χ1) is 11.3. The average molecular weight is 359 g/mol. The van der Waals surface area contributed by atoms with Crippen LogP contribution in [0.25, 0.3) is 0 Å². The second-order valence-electron chi connectivity index (χ2n) is 7.24. The van der Waals surface area contributed by atoms with Crippen molar-refractivity contribution in [2.24, 2.45) is 16.8 Å². The number of guanidine groups is 1. The molecule has 138 valence electrons. The Balaban J connectivity index is 1.73. The number of carbonyl (C=O) groups is 1. The Kier molecular flexibility index (Phi) is 6.48. The Morgan fingerprint density at radius 3 is 2.46 bits per heavy atom. The van der Waals surface area contributed by atoms with Gasteiger partial charge in [0.05, 0.1) is 11.5 Å². The van der Waals surface area contributed by atoms with Crippen molar-refractivity contribution >= 4 is 21.7 Å². The lowest BCUT2D eigenvalue weighted by atomic mass is 9.92. The Bertz CT molecular complexity index is 566. The van der Waals surface area contributed by atoms with Crippen molar-refractivity contribution < 1.29 is 13.2 Å². The highest BCUT2D eigenvalue weighted by atomic mass is 32.2. The molecule has 2 saturated heterocycles. The van der Waals surface area contributed by atoms with E-state index in [0.29, 0.717) is 31.2 Å². The highest BCUT2D eigenvalue weighted by molar-refractivity contribution is 7.91. The van der Waals surface area contributed by atoms with E-state index < -0.39 is 9.84 Å². The zero-order chi connectivity index (χ0) is 17.7. The smallest absolute Gasteiger partial charge is 0.222 e. The van der Waals surface area contributed by atoms with E-state index in [1.807, 2.05) is 0 Å².